The van der Waals surface area contributed by atoms with Crippen molar-refractivity contribution in [3.05, 3.63) is 34.9 Å². The number of benzene rings is 1. The summed E-state index contributed by atoms with van der Waals surface area (Å²) in [6, 6.07) is 7.14. The van der Waals surface area contributed by atoms with E-state index in [1.54, 1.807) is 7.11 Å². The Morgan fingerprint density at radius 2 is 1.84 bits per heavy atom. The Balaban J connectivity index is 2.75. The van der Waals surface area contributed by atoms with Gasteiger partial charge in [-0.2, -0.15) is 0 Å². The molecule has 19 heavy (non-hydrogen) atoms. The molecular weight excluding hydrogens is 236 g/mol. The third-order valence-corrected chi connectivity index (χ3v) is 3.49. The van der Waals surface area contributed by atoms with Gasteiger partial charge in [0, 0.05) is 26.2 Å². The van der Waals surface area contributed by atoms with Crippen molar-refractivity contribution >= 4 is 0 Å². The van der Waals surface area contributed by atoms with E-state index in [4.69, 9.17) is 4.74 Å². The van der Waals surface area contributed by atoms with Crippen molar-refractivity contribution in [1.82, 2.24) is 10.2 Å². The zero-order chi connectivity index (χ0) is 14.3. The molecule has 3 nitrogen and oxygen atoms in total. The molecule has 108 valence electrons. The fourth-order valence-electron chi connectivity index (χ4n) is 2.43. The van der Waals surface area contributed by atoms with Crippen LogP contribution in [-0.2, 0) is 4.74 Å². The van der Waals surface area contributed by atoms with E-state index in [2.05, 4.69) is 49.2 Å². The van der Waals surface area contributed by atoms with Crippen molar-refractivity contribution in [3.8, 4) is 0 Å². The Morgan fingerprint density at radius 3 is 2.32 bits per heavy atom. The number of nitrogens with one attached hydrogen (secondary N) is 1. The number of methoxy groups -OCH3 is 1. The minimum absolute atomic E-state index is 0.371. The first kappa shape index (κ1) is 16.2. The van der Waals surface area contributed by atoms with E-state index in [0.717, 1.165) is 26.2 Å². The number of rotatable bonds is 8. The summed E-state index contributed by atoms with van der Waals surface area (Å²) < 4.78 is 5.17. The molecule has 0 heterocycles. The lowest BCUT2D eigenvalue weighted by atomic mass is 10.0. The van der Waals surface area contributed by atoms with Crippen LogP contribution in [0.15, 0.2) is 18.2 Å². The predicted molar refractivity (Wildman–Crippen MR) is 81.7 cm³/mol. The number of hydrogen-bond donors (Lipinski definition) is 1. The number of likely N-dealkylation sites (N-methyl/N-ethyl adjacent to an activating group) is 2. The monoisotopic (exact) mass is 264 g/mol. The van der Waals surface area contributed by atoms with Gasteiger partial charge in [0.05, 0.1) is 6.61 Å². The summed E-state index contributed by atoms with van der Waals surface area (Å²) in [6.07, 6.45) is 0. The summed E-state index contributed by atoms with van der Waals surface area (Å²) in [7, 11) is 3.79. The van der Waals surface area contributed by atoms with Crippen molar-refractivity contribution in [2.45, 2.75) is 26.8 Å². The van der Waals surface area contributed by atoms with Gasteiger partial charge in [0.2, 0.25) is 0 Å². The Kier molecular flexibility index (Phi) is 7.06. The average molecular weight is 264 g/mol. The molecule has 0 bridgehead atoms. The maximum absolute atomic E-state index is 5.17. The molecular formula is C16H28N2O. The molecule has 1 N–H and O–H groups in total. The Hall–Kier alpha value is -0.900. The van der Waals surface area contributed by atoms with Crippen molar-refractivity contribution < 1.29 is 4.74 Å². The molecule has 1 rings (SSSR count). The van der Waals surface area contributed by atoms with E-state index in [-0.39, 0.29) is 0 Å². The summed E-state index contributed by atoms with van der Waals surface area (Å²) in [4.78, 5) is 2.42. The molecule has 3 heteroatoms. The molecule has 1 aromatic rings. The second-order valence-electron chi connectivity index (χ2n) is 5.15. The SMILES string of the molecule is CCN(CCOC)CC(NC)c1cc(C)cc(C)c1. The van der Waals surface area contributed by atoms with Crippen LogP contribution in [0.2, 0.25) is 0 Å². The molecule has 1 aromatic carbocycles. The molecule has 0 aromatic heterocycles. The van der Waals surface area contributed by atoms with Crippen LogP contribution in [-0.4, -0.2) is 45.3 Å². The molecule has 1 unspecified atom stereocenters. The Labute approximate surface area is 118 Å². The van der Waals surface area contributed by atoms with Gasteiger partial charge in [-0.3, -0.25) is 4.90 Å². The molecule has 0 amide bonds. The highest BCUT2D eigenvalue weighted by molar-refractivity contribution is 5.30. The van der Waals surface area contributed by atoms with Gasteiger partial charge >= 0.3 is 0 Å². The van der Waals surface area contributed by atoms with Crippen LogP contribution < -0.4 is 5.32 Å². The van der Waals surface area contributed by atoms with Crippen molar-refractivity contribution in [2.24, 2.45) is 0 Å². The molecule has 0 fully saturated rings. The summed E-state index contributed by atoms with van der Waals surface area (Å²) >= 11 is 0. The van der Waals surface area contributed by atoms with Crippen LogP contribution in [0.5, 0.6) is 0 Å². The van der Waals surface area contributed by atoms with Gasteiger partial charge in [-0.15, -0.1) is 0 Å². The zero-order valence-corrected chi connectivity index (χ0v) is 13.0. The maximum Gasteiger partial charge on any atom is 0.0589 e. The quantitative estimate of drug-likeness (QED) is 0.781. The van der Waals surface area contributed by atoms with Crippen LogP contribution >= 0.6 is 0 Å². The number of nitrogens with zero attached hydrogens (tertiary/aromatic N) is 1. The van der Waals surface area contributed by atoms with Gasteiger partial charge in [-0.25, -0.2) is 0 Å². The topological polar surface area (TPSA) is 24.5 Å². The van der Waals surface area contributed by atoms with Gasteiger partial charge in [0.15, 0.2) is 0 Å². The fourth-order valence-corrected chi connectivity index (χ4v) is 2.43. The third kappa shape index (κ3) is 5.31. The molecule has 0 aliphatic heterocycles. The maximum atomic E-state index is 5.17. The van der Waals surface area contributed by atoms with E-state index in [1.807, 2.05) is 7.05 Å². The largest absolute Gasteiger partial charge is 0.383 e. The Bertz CT molecular complexity index is 359. The molecule has 0 radical (unpaired) electrons. The highest BCUT2D eigenvalue weighted by atomic mass is 16.5. The van der Waals surface area contributed by atoms with E-state index in [1.165, 1.54) is 16.7 Å². The lowest BCUT2D eigenvalue weighted by molar-refractivity contribution is 0.144. The number of ether oxygens (including phenoxy) is 1. The van der Waals surface area contributed by atoms with Crippen LogP contribution in [0.4, 0.5) is 0 Å². The first-order valence-corrected chi connectivity index (χ1v) is 7.07. The fraction of sp³-hybridized carbons (Fsp3) is 0.625. The molecule has 0 saturated heterocycles. The first-order chi connectivity index (χ1) is 9.10. The second-order valence-corrected chi connectivity index (χ2v) is 5.15. The number of hydrogen-bond acceptors (Lipinski definition) is 3. The molecule has 0 aliphatic carbocycles. The average Bonchev–Trinajstić information content (AvgIpc) is 2.38. The van der Waals surface area contributed by atoms with Gasteiger partial charge in [-0.1, -0.05) is 36.2 Å². The Morgan fingerprint density at radius 1 is 1.21 bits per heavy atom. The van der Waals surface area contributed by atoms with Crippen LogP contribution in [0.25, 0.3) is 0 Å². The summed E-state index contributed by atoms with van der Waals surface area (Å²) in [5.74, 6) is 0. The molecule has 0 aliphatic rings. The zero-order valence-electron chi connectivity index (χ0n) is 13.0. The number of aryl methyl sites for hydroxylation is 2. The minimum Gasteiger partial charge on any atom is -0.383 e. The van der Waals surface area contributed by atoms with Gasteiger partial charge in [0.1, 0.15) is 0 Å². The molecule has 1 atom stereocenters. The summed E-state index contributed by atoms with van der Waals surface area (Å²) in [5, 5.41) is 3.43. The van der Waals surface area contributed by atoms with E-state index in [0.29, 0.717) is 6.04 Å². The van der Waals surface area contributed by atoms with Gasteiger partial charge < -0.3 is 10.1 Å². The summed E-state index contributed by atoms with van der Waals surface area (Å²) in [6.45, 7) is 10.3. The third-order valence-electron chi connectivity index (χ3n) is 3.49. The van der Waals surface area contributed by atoms with Crippen LogP contribution in [0.3, 0.4) is 0 Å². The van der Waals surface area contributed by atoms with E-state index < -0.39 is 0 Å². The second kappa shape index (κ2) is 8.31. The van der Waals surface area contributed by atoms with Crippen molar-refractivity contribution in [2.75, 3.05) is 40.4 Å². The lowest BCUT2D eigenvalue weighted by Gasteiger charge is -2.26. The van der Waals surface area contributed by atoms with E-state index >= 15 is 0 Å². The molecule has 0 spiro atoms. The van der Waals surface area contributed by atoms with Crippen molar-refractivity contribution in [1.29, 1.82) is 0 Å². The van der Waals surface area contributed by atoms with Crippen LogP contribution in [0.1, 0.15) is 29.7 Å². The van der Waals surface area contributed by atoms with Crippen molar-refractivity contribution in [3.63, 3.8) is 0 Å². The highest BCUT2D eigenvalue weighted by Gasteiger charge is 2.14. The normalized spacial score (nSPS) is 12.9. The lowest BCUT2D eigenvalue weighted by Crippen LogP contribution is -2.35. The van der Waals surface area contributed by atoms with Gasteiger partial charge in [-0.05, 0) is 33.0 Å². The first-order valence-electron chi connectivity index (χ1n) is 7.07. The predicted octanol–water partition coefficient (Wildman–Crippen LogP) is 2.53. The van der Waals surface area contributed by atoms with E-state index in [9.17, 15) is 0 Å². The van der Waals surface area contributed by atoms with Crippen LogP contribution in [0, 0.1) is 13.8 Å². The summed E-state index contributed by atoms with van der Waals surface area (Å²) in [5.41, 5.74) is 4.03. The van der Waals surface area contributed by atoms with Gasteiger partial charge in [0.25, 0.3) is 0 Å². The molecule has 0 saturated carbocycles. The highest BCUT2D eigenvalue weighted by Crippen LogP contribution is 2.18. The smallest absolute Gasteiger partial charge is 0.0589 e. The standard InChI is InChI=1S/C16H28N2O/c1-6-18(7-8-19-5)12-16(17-4)15-10-13(2)9-14(3)11-15/h9-11,16-17H,6-8,12H2,1-5H3. The minimum atomic E-state index is 0.371.